The molecule has 1 N–H and O–H groups in total. The fourth-order valence-electron chi connectivity index (χ4n) is 3.58. The molecule has 2 heterocycles. The lowest BCUT2D eigenvalue weighted by Crippen LogP contribution is -2.23. The molecule has 4 rings (SSSR count). The first kappa shape index (κ1) is 20.3. The number of nitrogens with one attached hydrogen (secondary N) is 1. The maximum atomic E-state index is 12.9. The molecule has 1 amide bonds. The van der Waals surface area contributed by atoms with Gasteiger partial charge in [0.05, 0.1) is 17.1 Å². The summed E-state index contributed by atoms with van der Waals surface area (Å²) in [6.45, 7) is 4.07. The molecule has 0 radical (unpaired) electrons. The van der Waals surface area contributed by atoms with Crippen molar-refractivity contribution in [2.75, 3.05) is 14.1 Å². The molecule has 0 unspecified atom stereocenters. The van der Waals surface area contributed by atoms with E-state index < -0.39 is 0 Å². The Morgan fingerprint density at radius 1 is 1.07 bits per heavy atom. The lowest BCUT2D eigenvalue weighted by Gasteiger charge is -2.14. The molecule has 5 nitrogen and oxygen atoms in total. The minimum absolute atomic E-state index is 0.0403. The number of aromatic nitrogens is 2. The summed E-state index contributed by atoms with van der Waals surface area (Å²) in [7, 11) is 4.10. The Labute approximate surface area is 181 Å². The van der Waals surface area contributed by atoms with Crippen molar-refractivity contribution in [1.29, 1.82) is 0 Å². The van der Waals surface area contributed by atoms with Gasteiger partial charge in [0, 0.05) is 18.5 Å². The summed E-state index contributed by atoms with van der Waals surface area (Å²) in [5.41, 5.74) is 4.52. The zero-order chi connectivity index (χ0) is 21.1. The van der Waals surface area contributed by atoms with Gasteiger partial charge in [-0.25, -0.2) is 0 Å². The number of aryl methyl sites for hydroxylation is 1. The Kier molecular flexibility index (Phi) is 5.97. The van der Waals surface area contributed by atoms with Gasteiger partial charge >= 0.3 is 0 Å². The predicted octanol–water partition coefficient (Wildman–Crippen LogP) is 4.45. The first-order valence-corrected chi connectivity index (χ1v) is 10.8. The molecule has 0 saturated carbocycles. The maximum Gasteiger partial charge on any atom is 0.261 e. The van der Waals surface area contributed by atoms with Crippen molar-refractivity contribution >= 4 is 27.5 Å². The molecule has 154 valence electrons. The van der Waals surface area contributed by atoms with Gasteiger partial charge in [-0.15, -0.1) is 11.3 Å². The molecule has 0 fully saturated rings. The van der Waals surface area contributed by atoms with Crippen molar-refractivity contribution in [3.05, 3.63) is 87.9 Å². The van der Waals surface area contributed by atoms with Crippen molar-refractivity contribution in [3.8, 4) is 0 Å². The average Bonchev–Trinajstić information content (AvgIpc) is 3.29. The third-order valence-corrected chi connectivity index (χ3v) is 6.20. The number of nitrogens with zero attached hydrogens (tertiary/aromatic N) is 3. The molecular weight excluding hydrogens is 392 g/mol. The highest BCUT2D eigenvalue weighted by atomic mass is 32.1. The van der Waals surface area contributed by atoms with Gasteiger partial charge in [-0.05, 0) is 43.8 Å². The summed E-state index contributed by atoms with van der Waals surface area (Å²) in [5, 5.41) is 8.81. The zero-order valence-electron chi connectivity index (χ0n) is 17.6. The molecule has 0 aliphatic carbocycles. The van der Waals surface area contributed by atoms with Gasteiger partial charge in [-0.1, -0.05) is 54.6 Å². The zero-order valence-corrected chi connectivity index (χ0v) is 18.4. The van der Waals surface area contributed by atoms with E-state index in [0.29, 0.717) is 13.1 Å². The largest absolute Gasteiger partial charge is 0.347 e. The van der Waals surface area contributed by atoms with Crippen LogP contribution in [0.3, 0.4) is 0 Å². The first-order valence-electron chi connectivity index (χ1n) is 10.0. The van der Waals surface area contributed by atoms with Crippen LogP contribution in [0.2, 0.25) is 0 Å². The molecule has 2 aromatic heterocycles. The van der Waals surface area contributed by atoms with Crippen LogP contribution in [0.5, 0.6) is 0 Å². The van der Waals surface area contributed by atoms with Crippen LogP contribution in [0.1, 0.15) is 32.1 Å². The summed E-state index contributed by atoms with van der Waals surface area (Å²) >= 11 is 1.50. The first-order chi connectivity index (χ1) is 14.5. The third kappa shape index (κ3) is 4.45. The van der Waals surface area contributed by atoms with Gasteiger partial charge < -0.3 is 10.2 Å². The minimum atomic E-state index is -0.0403. The molecule has 0 spiro atoms. The van der Waals surface area contributed by atoms with Gasteiger partial charge in [0.1, 0.15) is 4.83 Å². The summed E-state index contributed by atoms with van der Waals surface area (Å²) in [5.74, 6) is -0.0403. The predicted molar refractivity (Wildman–Crippen MR) is 123 cm³/mol. The molecule has 0 aliphatic heterocycles. The lowest BCUT2D eigenvalue weighted by molar-refractivity contribution is 0.0955. The molecule has 0 atom stereocenters. The molecule has 2 aromatic carbocycles. The van der Waals surface area contributed by atoms with Gasteiger partial charge in [0.15, 0.2) is 0 Å². The van der Waals surface area contributed by atoms with E-state index in [9.17, 15) is 4.79 Å². The van der Waals surface area contributed by atoms with Crippen LogP contribution in [0, 0.1) is 6.92 Å². The van der Waals surface area contributed by atoms with Crippen LogP contribution in [-0.2, 0) is 19.6 Å². The van der Waals surface area contributed by atoms with E-state index in [1.54, 1.807) is 0 Å². The number of hydrogen-bond donors (Lipinski definition) is 1. The highest BCUT2D eigenvalue weighted by molar-refractivity contribution is 7.20. The third-order valence-electron chi connectivity index (χ3n) is 5.05. The summed E-state index contributed by atoms with van der Waals surface area (Å²) < 4.78 is 1.99. The number of carbonyl (C=O) groups is 1. The van der Waals surface area contributed by atoms with E-state index in [2.05, 4.69) is 39.6 Å². The number of amides is 1. The van der Waals surface area contributed by atoms with E-state index in [-0.39, 0.29) is 5.91 Å². The number of thiophene rings is 1. The molecule has 6 heteroatoms. The minimum Gasteiger partial charge on any atom is -0.347 e. The Bertz CT molecular complexity index is 1160. The van der Waals surface area contributed by atoms with E-state index in [1.807, 2.05) is 62.1 Å². The number of fused-ring (bicyclic) bond motifs is 1. The lowest BCUT2D eigenvalue weighted by atomic mass is 10.1. The summed E-state index contributed by atoms with van der Waals surface area (Å²) in [6.07, 6.45) is 0. The monoisotopic (exact) mass is 418 g/mol. The number of rotatable bonds is 7. The van der Waals surface area contributed by atoms with Gasteiger partial charge in [0.25, 0.3) is 5.91 Å². The van der Waals surface area contributed by atoms with E-state index in [0.717, 1.165) is 32.9 Å². The van der Waals surface area contributed by atoms with Crippen LogP contribution < -0.4 is 5.32 Å². The van der Waals surface area contributed by atoms with Crippen LogP contribution in [0.25, 0.3) is 10.2 Å². The second-order valence-electron chi connectivity index (χ2n) is 7.75. The normalized spacial score (nSPS) is 11.3. The molecule has 30 heavy (non-hydrogen) atoms. The Morgan fingerprint density at radius 3 is 2.50 bits per heavy atom. The van der Waals surface area contributed by atoms with Crippen molar-refractivity contribution < 1.29 is 4.79 Å². The molecule has 0 aliphatic rings. The summed E-state index contributed by atoms with van der Waals surface area (Å²) in [6, 6.07) is 20.5. The smallest absolute Gasteiger partial charge is 0.261 e. The van der Waals surface area contributed by atoms with Crippen LogP contribution >= 0.6 is 11.3 Å². The second kappa shape index (κ2) is 8.81. The standard InChI is InChI=1S/C24H26N4OS/c1-17-21-13-22(30-24(21)28(26-17)15-18-9-5-4-6-10-18)23(29)25-14-19-11-7-8-12-20(19)16-27(2)3/h4-13H,14-16H2,1-3H3,(H,25,29). The highest BCUT2D eigenvalue weighted by Gasteiger charge is 2.17. The van der Waals surface area contributed by atoms with E-state index in [4.69, 9.17) is 0 Å². The second-order valence-corrected chi connectivity index (χ2v) is 8.78. The molecule has 0 bridgehead atoms. The number of hydrogen-bond acceptors (Lipinski definition) is 4. The fraction of sp³-hybridized carbons (Fsp3) is 0.250. The van der Waals surface area contributed by atoms with Crippen LogP contribution in [0.4, 0.5) is 0 Å². The van der Waals surface area contributed by atoms with Crippen molar-refractivity contribution in [3.63, 3.8) is 0 Å². The van der Waals surface area contributed by atoms with Crippen molar-refractivity contribution in [2.45, 2.75) is 26.6 Å². The fourth-order valence-corrected chi connectivity index (χ4v) is 4.65. The quantitative estimate of drug-likeness (QED) is 0.483. The van der Waals surface area contributed by atoms with Crippen LogP contribution in [-0.4, -0.2) is 34.7 Å². The average molecular weight is 419 g/mol. The van der Waals surface area contributed by atoms with Crippen molar-refractivity contribution in [2.24, 2.45) is 0 Å². The molecule has 4 aromatic rings. The number of benzene rings is 2. The van der Waals surface area contributed by atoms with Gasteiger partial charge in [-0.2, -0.15) is 5.10 Å². The highest BCUT2D eigenvalue weighted by Crippen LogP contribution is 2.29. The maximum absolute atomic E-state index is 12.9. The van der Waals surface area contributed by atoms with Gasteiger partial charge in [-0.3, -0.25) is 9.48 Å². The number of carbonyl (C=O) groups excluding carboxylic acids is 1. The SMILES string of the molecule is Cc1nn(Cc2ccccc2)c2sc(C(=O)NCc3ccccc3CN(C)C)cc12. The Morgan fingerprint density at radius 2 is 1.77 bits per heavy atom. The van der Waals surface area contributed by atoms with E-state index in [1.165, 1.54) is 22.5 Å². The summed E-state index contributed by atoms with van der Waals surface area (Å²) in [4.78, 5) is 16.7. The molecule has 0 saturated heterocycles. The van der Waals surface area contributed by atoms with Gasteiger partial charge in [0.2, 0.25) is 0 Å². The Balaban J connectivity index is 1.51. The van der Waals surface area contributed by atoms with Crippen LogP contribution in [0.15, 0.2) is 60.7 Å². The molecular formula is C24H26N4OS. The van der Waals surface area contributed by atoms with E-state index >= 15 is 0 Å². The topological polar surface area (TPSA) is 50.2 Å². The van der Waals surface area contributed by atoms with Crippen molar-refractivity contribution in [1.82, 2.24) is 20.0 Å². The Hall–Kier alpha value is -2.96.